The highest BCUT2D eigenvalue weighted by molar-refractivity contribution is 5.97. The van der Waals surface area contributed by atoms with Gasteiger partial charge < -0.3 is 24.7 Å². The number of pyridine rings is 1. The molecule has 0 spiro atoms. The third-order valence-electron chi connectivity index (χ3n) is 5.51. The average Bonchev–Trinajstić information content (AvgIpc) is 3.02. The first-order valence-corrected chi connectivity index (χ1v) is 11.4. The van der Waals surface area contributed by atoms with E-state index in [1.807, 2.05) is 35.2 Å². The summed E-state index contributed by atoms with van der Waals surface area (Å²) in [7, 11) is 4.15. The molecule has 0 aliphatic carbocycles. The maximum Gasteiger partial charge on any atom is 0.490 e. The highest BCUT2D eigenvalue weighted by Gasteiger charge is 2.39. The van der Waals surface area contributed by atoms with Gasteiger partial charge in [0.1, 0.15) is 0 Å². The van der Waals surface area contributed by atoms with Gasteiger partial charge in [0.05, 0.1) is 24.3 Å². The Morgan fingerprint density at radius 2 is 1.59 bits per heavy atom. The summed E-state index contributed by atoms with van der Waals surface area (Å²) in [5.74, 6) is -5.12. The number of aliphatic carboxylic acids is 2. The van der Waals surface area contributed by atoms with Gasteiger partial charge in [-0.05, 0) is 46.1 Å². The van der Waals surface area contributed by atoms with Gasteiger partial charge in [-0.15, -0.1) is 0 Å². The van der Waals surface area contributed by atoms with Gasteiger partial charge in [-0.25, -0.2) is 9.59 Å². The predicted molar refractivity (Wildman–Crippen MR) is 127 cm³/mol. The molecule has 1 saturated heterocycles. The number of nitrogens with zero attached hydrogens (tertiary/aromatic N) is 3. The molecule has 1 aliphatic rings. The molecule has 1 amide bonds. The number of carboxylic acids is 2. The summed E-state index contributed by atoms with van der Waals surface area (Å²) >= 11 is 0. The molecule has 2 heterocycles. The molecule has 2 N–H and O–H groups in total. The third-order valence-corrected chi connectivity index (χ3v) is 5.51. The number of hydrogen-bond donors (Lipinski definition) is 2. The Hall–Kier alpha value is -3.46. The van der Waals surface area contributed by atoms with Crippen LogP contribution in [0.15, 0.2) is 36.5 Å². The monoisotopic (exact) mass is 569 g/mol. The Labute approximate surface area is 220 Å². The van der Waals surface area contributed by atoms with E-state index in [0.29, 0.717) is 24.6 Å². The van der Waals surface area contributed by atoms with E-state index in [-0.39, 0.29) is 11.9 Å². The Morgan fingerprint density at radius 3 is 2.10 bits per heavy atom. The van der Waals surface area contributed by atoms with E-state index >= 15 is 0 Å². The fourth-order valence-corrected chi connectivity index (χ4v) is 3.38. The van der Waals surface area contributed by atoms with Crippen LogP contribution in [0.4, 0.5) is 26.3 Å². The summed E-state index contributed by atoms with van der Waals surface area (Å²) in [6, 6.07) is 9.98. The molecule has 1 fully saturated rings. The molecular formula is C24H29F6N3O6. The predicted octanol–water partition coefficient (Wildman–Crippen LogP) is 3.93. The number of carbonyl (C=O) groups is 3. The van der Waals surface area contributed by atoms with Gasteiger partial charge in [0.2, 0.25) is 0 Å². The van der Waals surface area contributed by atoms with Crippen molar-refractivity contribution in [2.45, 2.75) is 31.7 Å². The average molecular weight is 569 g/mol. The van der Waals surface area contributed by atoms with Crippen LogP contribution in [0.25, 0.3) is 10.9 Å². The molecule has 0 radical (unpaired) electrons. The fourth-order valence-electron chi connectivity index (χ4n) is 3.38. The number of para-hydroxylation sites is 1. The molecule has 1 aromatic heterocycles. The van der Waals surface area contributed by atoms with Crippen molar-refractivity contribution in [2.24, 2.45) is 5.92 Å². The van der Waals surface area contributed by atoms with Crippen molar-refractivity contribution in [1.82, 2.24) is 14.8 Å². The van der Waals surface area contributed by atoms with Crippen molar-refractivity contribution in [3.63, 3.8) is 0 Å². The molecule has 0 bridgehead atoms. The maximum atomic E-state index is 13.1. The van der Waals surface area contributed by atoms with Crippen molar-refractivity contribution in [1.29, 1.82) is 0 Å². The minimum atomic E-state index is -5.08. The quantitative estimate of drug-likeness (QED) is 0.532. The fraction of sp³-hybridized carbons (Fsp3) is 0.500. The van der Waals surface area contributed by atoms with E-state index in [1.165, 1.54) is 0 Å². The number of alkyl halides is 6. The Kier molecular flexibility index (Phi) is 12.6. The van der Waals surface area contributed by atoms with Crippen LogP contribution in [0.1, 0.15) is 23.7 Å². The van der Waals surface area contributed by atoms with Crippen LogP contribution >= 0.6 is 0 Å². The molecule has 218 valence electrons. The molecule has 39 heavy (non-hydrogen) atoms. The number of carbonyl (C=O) groups excluding carboxylic acids is 1. The van der Waals surface area contributed by atoms with Crippen molar-refractivity contribution in [3.05, 3.63) is 42.1 Å². The van der Waals surface area contributed by atoms with Gasteiger partial charge in [0.25, 0.3) is 5.91 Å². The second-order valence-electron chi connectivity index (χ2n) is 8.69. The molecular weight excluding hydrogens is 540 g/mol. The number of ether oxygens (including phenoxy) is 1. The van der Waals surface area contributed by atoms with Crippen LogP contribution in [0.3, 0.4) is 0 Å². The van der Waals surface area contributed by atoms with Crippen LogP contribution in [0.5, 0.6) is 0 Å². The zero-order valence-electron chi connectivity index (χ0n) is 21.3. The van der Waals surface area contributed by atoms with E-state index in [0.717, 1.165) is 30.5 Å². The first-order valence-electron chi connectivity index (χ1n) is 11.4. The van der Waals surface area contributed by atoms with Crippen LogP contribution in [0, 0.1) is 5.92 Å². The standard InChI is InChI=1S/C20H27N3O2.2C2HF3O2/c1-15-17(8-9-22(2)3)14-25-11-10-23(15)20(24)18-12-16-6-4-5-7-19(16)21-13-18;2*3-2(4,5)1(6)7/h4-7,12-13,15,17H,8-11,14H2,1-3H3;2*(H,6,7)/t15-,17+;;/m0../s1. The van der Waals surface area contributed by atoms with Gasteiger partial charge in [0.15, 0.2) is 0 Å². The van der Waals surface area contributed by atoms with Crippen molar-refractivity contribution >= 4 is 28.7 Å². The molecule has 3 rings (SSSR count). The zero-order valence-corrected chi connectivity index (χ0v) is 21.3. The van der Waals surface area contributed by atoms with Gasteiger partial charge in [-0.2, -0.15) is 26.3 Å². The lowest BCUT2D eigenvalue weighted by Gasteiger charge is -2.32. The first kappa shape index (κ1) is 33.6. The van der Waals surface area contributed by atoms with Crippen LogP contribution in [0.2, 0.25) is 0 Å². The lowest BCUT2D eigenvalue weighted by molar-refractivity contribution is -0.193. The van der Waals surface area contributed by atoms with E-state index in [4.69, 9.17) is 24.5 Å². The Bertz CT molecular complexity index is 1090. The summed E-state index contributed by atoms with van der Waals surface area (Å²) in [6.45, 7) is 5.08. The molecule has 0 saturated carbocycles. The number of aromatic nitrogens is 1. The van der Waals surface area contributed by atoms with E-state index < -0.39 is 24.3 Å². The van der Waals surface area contributed by atoms with Gasteiger partial charge in [0, 0.05) is 30.1 Å². The number of carboxylic acid groups (broad SMARTS) is 2. The highest BCUT2D eigenvalue weighted by atomic mass is 19.4. The van der Waals surface area contributed by atoms with E-state index in [2.05, 4.69) is 30.9 Å². The second kappa shape index (κ2) is 14.6. The number of fused-ring (bicyclic) bond motifs is 1. The number of halogens is 6. The van der Waals surface area contributed by atoms with E-state index in [1.54, 1.807) is 6.20 Å². The maximum absolute atomic E-state index is 13.1. The topological polar surface area (TPSA) is 120 Å². The van der Waals surface area contributed by atoms with Gasteiger partial charge in [-0.3, -0.25) is 9.78 Å². The SMILES string of the molecule is C[C@H]1[C@H](CCN(C)C)COCCN1C(=O)c1cnc2ccccc2c1.O=C(O)C(F)(F)F.O=C(O)C(F)(F)F. The minimum Gasteiger partial charge on any atom is -0.475 e. The highest BCUT2D eigenvalue weighted by Crippen LogP contribution is 2.22. The van der Waals surface area contributed by atoms with Crippen molar-refractivity contribution in [3.8, 4) is 0 Å². The summed E-state index contributed by atoms with van der Waals surface area (Å²) in [6.07, 6.45) is -7.45. The molecule has 0 unspecified atom stereocenters. The molecule has 1 aliphatic heterocycles. The number of amides is 1. The molecule has 2 atom stereocenters. The lowest BCUT2D eigenvalue weighted by atomic mass is 9.96. The largest absolute Gasteiger partial charge is 0.490 e. The van der Waals surface area contributed by atoms with Crippen LogP contribution in [-0.2, 0) is 14.3 Å². The normalized spacial score (nSPS) is 17.8. The zero-order chi connectivity index (χ0) is 30.0. The van der Waals surface area contributed by atoms with Crippen molar-refractivity contribution < 1.29 is 55.7 Å². The first-order chi connectivity index (χ1) is 17.9. The summed E-state index contributed by atoms with van der Waals surface area (Å²) < 4.78 is 69.2. The molecule has 1 aromatic carbocycles. The molecule has 9 nitrogen and oxygen atoms in total. The summed E-state index contributed by atoms with van der Waals surface area (Å²) in [4.78, 5) is 39.5. The van der Waals surface area contributed by atoms with Gasteiger partial charge in [-0.1, -0.05) is 18.2 Å². The Balaban J connectivity index is 0.000000449. The molecule has 15 heteroatoms. The van der Waals surface area contributed by atoms with Crippen LogP contribution < -0.4 is 0 Å². The second-order valence-corrected chi connectivity index (χ2v) is 8.69. The number of hydrogen-bond acceptors (Lipinski definition) is 6. The summed E-state index contributed by atoms with van der Waals surface area (Å²) in [5, 5.41) is 15.2. The van der Waals surface area contributed by atoms with Crippen LogP contribution in [-0.4, -0.2) is 102 Å². The van der Waals surface area contributed by atoms with E-state index in [9.17, 15) is 31.1 Å². The van der Waals surface area contributed by atoms with Gasteiger partial charge >= 0.3 is 24.3 Å². The smallest absolute Gasteiger partial charge is 0.475 e. The minimum absolute atomic E-state index is 0.0473. The number of rotatable bonds is 4. The number of benzene rings is 1. The van der Waals surface area contributed by atoms with Crippen molar-refractivity contribution in [2.75, 3.05) is 40.4 Å². The third kappa shape index (κ3) is 11.4. The molecule has 2 aromatic rings. The lowest BCUT2D eigenvalue weighted by Crippen LogP contribution is -2.43. The Morgan fingerprint density at radius 1 is 1.05 bits per heavy atom. The summed E-state index contributed by atoms with van der Waals surface area (Å²) in [5.41, 5.74) is 1.56.